The summed E-state index contributed by atoms with van der Waals surface area (Å²) in [4.78, 5) is 12.6. The van der Waals surface area contributed by atoms with Crippen LogP contribution in [-0.4, -0.2) is 45.0 Å². The van der Waals surface area contributed by atoms with Crippen LogP contribution in [0.5, 0.6) is 0 Å². The van der Waals surface area contributed by atoms with Crippen LogP contribution >= 0.6 is 11.8 Å². The quantitative estimate of drug-likeness (QED) is 0.862. The zero-order valence-corrected chi connectivity index (χ0v) is 16.0. The van der Waals surface area contributed by atoms with E-state index >= 15 is 0 Å². The summed E-state index contributed by atoms with van der Waals surface area (Å²) < 4.78 is 7.31. The molecule has 8 heteroatoms. The number of anilines is 1. The van der Waals surface area contributed by atoms with Crippen LogP contribution in [-0.2, 0) is 29.8 Å². The number of aromatic nitrogens is 4. The van der Waals surface area contributed by atoms with Crippen molar-refractivity contribution < 1.29 is 4.74 Å². The average Bonchev–Trinajstić information content (AvgIpc) is 3.15. The molecule has 4 heterocycles. The Morgan fingerprint density at radius 3 is 2.96 bits per heavy atom. The molecule has 0 radical (unpaired) electrons. The summed E-state index contributed by atoms with van der Waals surface area (Å²) >= 11 is 1.86. The van der Waals surface area contributed by atoms with Crippen molar-refractivity contribution in [1.82, 2.24) is 20.0 Å². The molecular weight excluding hydrogens is 362 g/mol. The Balaban J connectivity index is 1.40. The Kier molecular flexibility index (Phi) is 4.61. The first kappa shape index (κ1) is 17.2. The molecule has 0 aromatic carbocycles. The molecular formula is C19H23N5O2S. The molecule has 0 bridgehead atoms. The monoisotopic (exact) mass is 385 g/mol. The Bertz CT molecular complexity index is 915. The minimum Gasteiger partial charge on any atom is -0.377 e. The number of thioether (sulfide) groups is 1. The first-order chi connectivity index (χ1) is 13.3. The average molecular weight is 385 g/mol. The number of aryl methyl sites for hydroxylation is 3. The standard InChI is InChI=1S/C19H23N5O2S/c25-19-8-13-11-27-6-5-15(13)23-24(19)17-10-26-9-16(17)20-18-7-12-3-1-2-4-14(12)21-22-18/h7-8,16-17H,1-6,9-11H2,(H,20,22). The molecule has 1 aliphatic carbocycles. The van der Waals surface area contributed by atoms with Crippen molar-refractivity contribution in [2.24, 2.45) is 0 Å². The van der Waals surface area contributed by atoms with Gasteiger partial charge in [-0.1, -0.05) is 0 Å². The highest BCUT2D eigenvalue weighted by Gasteiger charge is 2.32. The van der Waals surface area contributed by atoms with Crippen molar-refractivity contribution in [3.63, 3.8) is 0 Å². The van der Waals surface area contributed by atoms with Gasteiger partial charge in [0.2, 0.25) is 0 Å². The molecule has 2 aromatic heterocycles. The first-order valence-electron chi connectivity index (χ1n) is 9.67. The van der Waals surface area contributed by atoms with Gasteiger partial charge in [-0.3, -0.25) is 4.79 Å². The second kappa shape index (κ2) is 7.24. The molecule has 27 heavy (non-hydrogen) atoms. The molecule has 5 rings (SSSR count). The smallest absolute Gasteiger partial charge is 0.267 e. The van der Waals surface area contributed by atoms with Gasteiger partial charge in [0.1, 0.15) is 11.9 Å². The molecule has 1 saturated heterocycles. The minimum absolute atomic E-state index is 0.0397. The number of hydrogen-bond acceptors (Lipinski definition) is 7. The van der Waals surface area contributed by atoms with E-state index in [9.17, 15) is 4.79 Å². The van der Waals surface area contributed by atoms with Crippen LogP contribution in [0.2, 0.25) is 0 Å². The molecule has 0 amide bonds. The van der Waals surface area contributed by atoms with Gasteiger partial charge in [0, 0.05) is 18.2 Å². The van der Waals surface area contributed by atoms with Gasteiger partial charge in [-0.25, -0.2) is 4.68 Å². The molecule has 3 aliphatic rings. The van der Waals surface area contributed by atoms with Gasteiger partial charge in [-0.05, 0) is 48.6 Å². The zero-order chi connectivity index (χ0) is 18.2. The number of nitrogens with one attached hydrogen (secondary N) is 1. The van der Waals surface area contributed by atoms with Gasteiger partial charge in [0.15, 0.2) is 0 Å². The van der Waals surface area contributed by atoms with Gasteiger partial charge in [0.25, 0.3) is 5.56 Å². The fourth-order valence-corrected chi connectivity index (χ4v) is 5.09. The van der Waals surface area contributed by atoms with Crippen molar-refractivity contribution in [2.45, 2.75) is 49.9 Å². The fourth-order valence-electron chi connectivity index (χ4n) is 4.14. The molecule has 2 aliphatic heterocycles. The number of ether oxygens (including phenoxy) is 1. The third kappa shape index (κ3) is 3.36. The number of hydrogen-bond donors (Lipinski definition) is 1. The molecule has 1 N–H and O–H groups in total. The van der Waals surface area contributed by atoms with Crippen LogP contribution in [0.3, 0.4) is 0 Å². The third-order valence-corrected chi connectivity index (χ3v) is 6.64. The zero-order valence-electron chi connectivity index (χ0n) is 15.2. The summed E-state index contributed by atoms with van der Waals surface area (Å²) in [5, 5.41) is 16.9. The van der Waals surface area contributed by atoms with Crippen molar-refractivity contribution in [3.8, 4) is 0 Å². The van der Waals surface area contributed by atoms with E-state index in [1.54, 1.807) is 10.7 Å². The van der Waals surface area contributed by atoms with E-state index in [2.05, 4.69) is 21.6 Å². The highest BCUT2D eigenvalue weighted by atomic mass is 32.2. The van der Waals surface area contributed by atoms with E-state index in [-0.39, 0.29) is 17.6 Å². The van der Waals surface area contributed by atoms with Gasteiger partial charge in [-0.2, -0.15) is 22.0 Å². The van der Waals surface area contributed by atoms with Crippen molar-refractivity contribution in [3.05, 3.63) is 45.0 Å². The van der Waals surface area contributed by atoms with E-state index in [1.165, 1.54) is 18.4 Å². The van der Waals surface area contributed by atoms with Crippen LogP contribution in [0.25, 0.3) is 0 Å². The van der Waals surface area contributed by atoms with Crippen LogP contribution in [0.15, 0.2) is 16.9 Å². The van der Waals surface area contributed by atoms with Gasteiger partial charge < -0.3 is 10.1 Å². The summed E-state index contributed by atoms with van der Waals surface area (Å²) in [7, 11) is 0. The summed E-state index contributed by atoms with van der Waals surface area (Å²) in [6.07, 6.45) is 5.40. The SMILES string of the molecule is O=c1cc2c(nn1C1COCC1Nc1cc3c(nn1)CCCC3)CCSC2. The molecule has 2 atom stereocenters. The predicted octanol–water partition coefficient (Wildman–Crippen LogP) is 1.75. The Morgan fingerprint density at radius 2 is 2.00 bits per heavy atom. The number of fused-ring (bicyclic) bond motifs is 2. The predicted molar refractivity (Wildman–Crippen MR) is 104 cm³/mol. The fraction of sp³-hybridized carbons (Fsp3) is 0.579. The van der Waals surface area contributed by atoms with Gasteiger partial charge in [-0.15, -0.1) is 5.10 Å². The molecule has 2 unspecified atom stereocenters. The second-order valence-electron chi connectivity index (χ2n) is 7.47. The maximum atomic E-state index is 12.6. The molecule has 0 spiro atoms. The van der Waals surface area contributed by atoms with E-state index in [4.69, 9.17) is 9.84 Å². The van der Waals surface area contributed by atoms with E-state index in [0.717, 1.165) is 53.5 Å². The largest absolute Gasteiger partial charge is 0.377 e. The summed E-state index contributed by atoms with van der Waals surface area (Å²) in [5.74, 6) is 2.70. The molecule has 2 aromatic rings. The van der Waals surface area contributed by atoms with Crippen LogP contribution in [0.1, 0.15) is 41.4 Å². The van der Waals surface area contributed by atoms with E-state index in [0.29, 0.717) is 13.2 Å². The van der Waals surface area contributed by atoms with E-state index < -0.39 is 0 Å². The summed E-state index contributed by atoms with van der Waals surface area (Å²) in [5.41, 5.74) is 4.49. The van der Waals surface area contributed by atoms with Crippen LogP contribution in [0, 0.1) is 0 Å². The highest BCUT2D eigenvalue weighted by molar-refractivity contribution is 7.98. The van der Waals surface area contributed by atoms with Gasteiger partial charge >= 0.3 is 0 Å². The number of nitrogens with zero attached hydrogens (tertiary/aromatic N) is 4. The Morgan fingerprint density at radius 1 is 1.07 bits per heavy atom. The van der Waals surface area contributed by atoms with Crippen LogP contribution < -0.4 is 10.9 Å². The molecule has 7 nitrogen and oxygen atoms in total. The number of rotatable bonds is 3. The topological polar surface area (TPSA) is 81.9 Å². The van der Waals surface area contributed by atoms with Crippen molar-refractivity contribution in [1.29, 1.82) is 0 Å². The second-order valence-corrected chi connectivity index (χ2v) is 8.57. The van der Waals surface area contributed by atoms with Crippen molar-refractivity contribution in [2.75, 3.05) is 24.3 Å². The third-order valence-electron chi connectivity index (χ3n) is 5.63. The lowest BCUT2D eigenvalue weighted by molar-refractivity contribution is 0.182. The lowest BCUT2D eigenvalue weighted by Gasteiger charge is -2.23. The maximum absolute atomic E-state index is 12.6. The lowest BCUT2D eigenvalue weighted by Crippen LogP contribution is -2.38. The van der Waals surface area contributed by atoms with Crippen molar-refractivity contribution >= 4 is 17.6 Å². The Labute approximate surface area is 161 Å². The van der Waals surface area contributed by atoms with E-state index in [1.807, 2.05) is 11.8 Å². The Hall–Kier alpha value is -1.93. The van der Waals surface area contributed by atoms with Gasteiger partial charge in [0.05, 0.1) is 30.6 Å². The molecule has 0 saturated carbocycles. The molecule has 1 fully saturated rings. The minimum atomic E-state index is -0.129. The normalized spacial score (nSPS) is 24.3. The summed E-state index contributed by atoms with van der Waals surface area (Å²) in [6.45, 7) is 1.01. The van der Waals surface area contributed by atoms with Crippen LogP contribution in [0.4, 0.5) is 5.82 Å². The lowest BCUT2D eigenvalue weighted by atomic mass is 9.97. The highest BCUT2D eigenvalue weighted by Crippen LogP contribution is 2.26. The molecule has 142 valence electrons. The first-order valence-corrected chi connectivity index (χ1v) is 10.8. The maximum Gasteiger partial charge on any atom is 0.267 e. The summed E-state index contributed by atoms with van der Waals surface area (Å²) in [6, 6.07) is 3.69.